The predicted molar refractivity (Wildman–Crippen MR) is 68.4 cm³/mol. The van der Waals surface area contributed by atoms with Crippen LogP contribution in [-0.2, 0) is 4.74 Å². The smallest absolute Gasteiger partial charge is 0.101 e. The van der Waals surface area contributed by atoms with Crippen LogP contribution in [0.5, 0.6) is 0 Å². The van der Waals surface area contributed by atoms with Gasteiger partial charge in [-0.2, -0.15) is 5.26 Å². The van der Waals surface area contributed by atoms with E-state index in [1.807, 2.05) is 26.0 Å². The summed E-state index contributed by atoms with van der Waals surface area (Å²) in [6, 6.07) is 7.69. The van der Waals surface area contributed by atoms with Gasteiger partial charge < -0.3 is 10.1 Å². The average Bonchev–Trinajstić information content (AvgIpc) is 2.24. The zero-order chi connectivity index (χ0) is 12.0. The summed E-state index contributed by atoms with van der Waals surface area (Å²) in [5.41, 5.74) is 1.48. The van der Waals surface area contributed by atoms with Gasteiger partial charge in [-0.3, -0.25) is 0 Å². The number of anilines is 1. The quantitative estimate of drug-likeness (QED) is 0.844. The van der Waals surface area contributed by atoms with E-state index in [1.54, 1.807) is 6.07 Å². The molecule has 0 amide bonds. The second-order valence-electron chi connectivity index (χ2n) is 3.65. The molecular formula is C12H15BrN2O. The van der Waals surface area contributed by atoms with Crippen LogP contribution in [0.3, 0.4) is 0 Å². The summed E-state index contributed by atoms with van der Waals surface area (Å²) < 4.78 is 6.37. The third-order valence-corrected chi connectivity index (χ3v) is 2.46. The van der Waals surface area contributed by atoms with Crippen molar-refractivity contribution in [3.63, 3.8) is 0 Å². The maximum atomic E-state index is 8.92. The minimum Gasteiger partial charge on any atom is -0.382 e. The number of nitriles is 1. The molecule has 3 nitrogen and oxygen atoms in total. The fourth-order valence-electron chi connectivity index (χ4n) is 1.24. The Morgan fingerprint density at radius 3 is 2.88 bits per heavy atom. The lowest BCUT2D eigenvalue weighted by Crippen LogP contribution is -2.13. The fraction of sp³-hybridized carbons (Fsp3) is 0.417. The second kappa shape index (κ2) is 6.51. The summed E-state index contributed by atoms with van der Waals surface area (Å²) in [5.74, 6) is 0. The molecule has 0 heterocycles. The number of nitrogens with zero attached hydrogens (tertiary/aromatic N) is 1. The van der Waals surface area contributed by atoms with Crippen LogP contribution in [-0.4, -0.2) is 19.3 Å². The van der Waals surface area contributed by atoms with Crippen molar-refractivity contribution in [1.82, 2.24) is 0 Å². The average molecular weight is 283 g/mol. The molecule has 0 aliphatic carbocycles. The number of ether oxygens (including phenoxy) is 1. The van der Waals surface area contributed by atoms with Crippen molar-refractivity contribution >= 4 is 21.6 Å². The third kappa shape index (κ3) is 4.21. The van der Waals surface area contributed by atoms with Crippen molar-refractivity contribution in [2.75, 3.05) is 18.5 Å². The monoisotopic (exact) mass is 282 g/mol. The molecular weight excluding hydrogens is 268 g/mol. The lowest BCUT2D eigenvalue weighted by Gasteiger charge is -2.10. The minimum atomic E-state index is 0.236. The highest BCUT2D eigenvalue weighted by Crippen LogP contribution is 2.20. The van der Waals surface area contributed by atoms with Gasteiger partial charge in [-0.25, -0.2) is 0 Å². The van der Waals surface area contributed by atoms with Gasteiger partial charge in [-0.1, -0.05) is 15.9 Å². The minimum absolute atomic E-state index is 0.236. The summed E-state index contributed by atoms with van der Waals surface area (Å²) in [6.45, 7) is 5.33. The summed E-state index contributed by atoms with van der Waals surface area (Å²) in [7, 11) is 0. The Kier molecular flexibility index (Phi) is 5.30. The van der Waals surface area contributed by atoms with Crippen LogP contribution in [0.15, 0.2) is 22.7 Å². The Balaban J connectivity index is 2.53. The number of benzene rings is 1. The Bertz CT molecular complexity index is 385. The van der Waals surface area contributed by atoms with Crippen LogP contribution in [0.2, 0.25) is 0 Å². The molecule has 0 radical (unpaired) electrons. The molecule has 0 aromatic heterocycles. The molecule has 1 aromatic carbocycles. The van der Waals surface area contributed by atoms with Crippen LogP contribution in [0.25, 0.3) is 0 Å². The summed E-state index contributed by atoms with van der Waals surface area (Å²) >= 11 is 3.38. The second-order valence-corrected chi connectivity index (χ2v) is 4.56. The maximum absolute atomic E-state index is 8.92. The van der Waals surface area contributed by atoms with Crippen LogP contribution >= 0.6 is 15.9 Å². The van der Waals surface area contributed by atoms with E-state index in [-0.39, 0.29) is 6.10 Å². The molecule has 86 valence electrons. The zero-order valence-corrected chi connectivity index (χ0v) is 11.0. The normalized spacial score (nSPS) is 10.2. The number of rotatable bonds is 5. The molecule has 16 heavy (non-hydrogen) atoms. The van der Waals surface area contributed by atoms with Gasteiger partial charge in [0.05, 0.1) is 24.0 Å². The van der Waals surface area contributed by atoms with E-state index in [9.17, 15) is 0 Å². The van der Waals surface area contributed by atoms with Gasteiger partial charge in [0.15, 0.2) is 0 Å². The molecule has 1 N–H and O–H groups in total. The Morgan fingerprint density at radius 1 is 1.50 bits per heavy atom. The molecule has 0 fully saturated rings. The van der Waals surface area contributed by atoms with Gasteiger partial charge in [0.25, 0.3) is 0 Å². The highest BCUT2D eigenvalue weighted by molar-refractivity contribution is 9.10. The summed E-state index contributed by atoms with van der Waals surface area (Å²) in [5, 5.41) is 12.1. The Hall–Kier alpha value is -1.05. The lowest BCUT2D eigenvalue weighted by atomic mass is 10.2. The standard InChI is InChI=1S/C12H15BrN2O/c1-9(2)16-6-5-15-12-7-11(13)4-3-10(12)8-14/h3-4,7,9,15H,5-6H2,1-2H3. The molecule has 1 aromatic rings. The molecule has 0 aliphatic heterocycles. The van der Waals surface area contributed by atoms with E-state index < -0.39 is 0 Å². The van der Waals surface area contributed by atoms with E-state index in [2.05, 4.69) is 27.3 Å². The van der Waals surface area contributed by atoms with Crippen LogP contribution in [0, 0.1) is 11.3 Å². The number of nitrogens with one attached hydrogen (secondary N) is 1. The predicted octanol–water partition coefficient (Wildman–Crippen LogP) is 3.16. The van der Waals surface area contributed by atoms with E-state index in [0.717, 1.165) is 10.2 Å². The summed E-state index contributed by atoms with van der Waals surface area (Å²) in [4.78, 5) is 0. The topological polar surface area (TPSA) is 45.0 Å². The zero-order valence-electron chi connectivity index (χ0n) is 9.46. The molecule has 0 saturated heterocycles. The first kappa shape index (κ1) is 13.0. The van der Waals surface area contributed by atoms with Crippen molar-refractivity contribution in [3.8, 4) is 6.07 Å². The Morgan fingerprint density at radius 2 is 2.25 bits per heavy atom. The first-order chi connectivity index (χ1) is 7.63. The number of halogens is 1. The molecule has 0 bridgehead atoms. The molecule has 0 unspecified atom stereocenters. The summed E-state index contributed by atoms with van der Waals surface area (Å²) in [6.07, 6.45) is 0.236. The molecule has 0 atom stereocenters. The van der Waals surface area contributed by atoms with Gasteiger partial charge in [0.2, 0.25) is 0 Å². The van der Waals surface area contributed by atoms with Crippen LogP contribution in [0.4, 0.5) is 5.69 Å². The van der Waals surface area contributed by atoms with Crippen molar-refractivity contribution in [2.24, 2.45) is 0 Å². The highest BCUT2D eigenvalue weighted by atomic mass is 79.9. The molecule has 4 heteroatoms. The van der Waals surface area contributed by atoms with E-state index in [0.29, 0.717) is 18.7 Å². The van der Waals surface area contributed by atoms with Gasteiger partial charge in [0.1, 0.15) is 6.07 Å². The van der Waals surface area contributed by atoms with E-state index >= 15 is 0 Å². The molecule has 0 aliphatic rings. The van der Waals surface area contributed by atoms with Crippen molar-refractivity contribution in [2.45, 2.75) is 20.0 Å². The van der Waals surface area contributed by atoms with Crippen molar-refractivity contribution in [3.05, 3.63) is 28.2 Å². The van der Waals surface area contributed by atoms with E-state index in [4.69, 9.17) is 10.00 Å². The molecule has 0 saturated carbocycles. The molecule has 1 rings (SSSR count). The van der Waals surface area contributed by atoms with Crippen molar-refractivity contribution in [1.29, 1.82) is 5.26 Å². The van der Waals surface area contributed by atoms with E-state index in [1.165, 1.54) is 0 Å². The number of hydrogen-bond acceptors (Lipinski definition) is 3. The van der Waals surface area contributed by atoms with Gasteiger partial charge in [0, 0.05) is 11.0 Å². The van der Waals surface area contributed by atoms with Crippen LogP contribution < -0.4 is 5.32 Å². The van der Waals surface area contributed by atoms with Crippen molar-refractivity contribution < 1.29 is 4.74 Å². The molecule has 0 spiro atoms. The van der Waals surface area contributed by atoms with Gasteiger partial charge in [-0.15, -0.1) is 0 Å². The van der Waals surface area contributed by atoms with Gasteiger partial charge in [-0.05, 0) is 32.0 Å². The lowest BCUT2D eigenvalue weighted by molar-refractivity contribution is 0.0870. The first-order valence-electron chi connectivity index (χ1n) is 5.18. The number of hydrogen-bond donors (Lipinski definition) is 1. The highest BCUT2D eigenvalue weighted by Gasteiger charge is 2.02. The Labute approximate surface area is 105 Å². The fourth-order valence-corrected chi connectivity index (χ4v) is 1.60. The maximum Gasteiger partial charge on any atom is 0.101 e. The largest absolute Gasteiger partial charge is 0.382 e. The van der Waals surface area contributed by atoms with Crippen LogP contribution in [0.1, 0.15) is 19.4 Å². The first-order valence-corrected chi connectivity index (χ1v) is 5.98. The third-order valence-electron chi connectivity index (χ3n) is 1.97. The SMILES string of the molecule is CC(C)OCCNc1cc(Br)ccc1C#N. The van der Waals surface area contributed by atoms with Gasteiger partial charge >= 0.3 is 0 Å².